The smallest absolute Gasteiger partial charge is 0.213 e. The molecule has 2 aromatic rings. The summed E-state index contributed by atoms with van der Waals surface area (Å²) in [6, 6.07) is 10.6. The number of pyridine rings is 1. The highest BCUT2D eigenvalue weighted by Crippen LogP contribution is 2.29. The number of aromatic nitrogens is 1. The highest BCUT2D eigenvalue weighted by atomic mass is 127. The van der Waals surface area contributed by atoms with Crippen LogP contribution in [0.5, 0.6) is 5.88 Å². The molecule has 1 aliphatic rings. The summed E-state index contributed by atoms with van der Waals surface area (Å²) in [7, 11) is 0. The molecule has 1 aromatic heterocycles. The van der Waals surface area contributed by atoms with Crippen LogP contribution >= 0.6 is 24.0 Å². The quantitative estimate of drug-likeness (QED) is 0.339. The van der Waals surface area contributed by atoms with Gasteiger partial charge < -0.3 is 15.4 Å². The minimum atomic E-state index is -0.221. The van der Waals surface area contributed by atoms with Crippen molar-refractivity contribution >= 4 is 29.9 Å². The maximum Gasteiger partial charge on any atom is 0.213 e. The van der Waals surface area contributed by atoms with Crippen molar-refractivity contribution in [3.8, 4) is 5.88 Å². The minimum Gasteiger partial charge on any atom is -0.477 e. The first-order valence-corrected chi connectivity index (χ1v) is 9.08. The molecule has 1 heterocycles. The number of ether oxygens (including phenoxy) is 1. The number of nitrogens with one attached hydrogen (secondary N) is 2. The Labute approximate surface area is 176 Å². The molecule has 7 heteroatoms. The Balaban J connectivity index is 0.00000261. The molecule has 0 amide bonds. The highest BCUT2D eigenvalue weighted by Gasteiger charge is 2.21. The van der Waals surface area contributed by atoms with Gasteiger partial charge in [-0.25, -0.2) is 14.4 Å². The van der Waals surface area contributed by atoms with E-state index in [1.807, 2.05) is 25.1 Å². The molecule has 1 aliphatic carbocycles. The van der Waals surface area contributed by atoms with E-state index < -0.39 is 0 Å². The second-order valence-electron chi connectivity index (χ2n) is 6.40. The first-order valence-electron chi connectivity index (χ1n) is 9.08. The minimum absolute atomic E-state index is 0. The molecule has 1 saturated carbocycles. The number of rotatable bonds is 8. The van der Waals surface area contributed by atoms with E-state index in [-0.39, 0.29) is 29.8 Å². The third kappa shape index (κ3) is 7.32. The lowest BCUT2D eigenvalue weighted by Gasteiger charge is -2.12. The largest absolute Gasteiger partial charge is 0.477 e. The summed E-state index contributed by atoms with van der Waals surface area (Å²) in [4.78, 5) is 8.86. The lowest BCUT2D eigenvalue weighted by atomic mass is 10.2. The Morgan fingerprint density at radius 2 is 2.04 bits per heavy atom. The van der Waals surface area contributed by atoms with Crippen LogP contribution in [0.1, 0.15) is 30.9 Å². The van der Waals surface area contributed by atoms with E-state index in [0.717, 1.165) is 18.7 Å². The molecule has 5 nitrogen and oxygen atoms in total. The number of nitrogens with zero attached hydrogens (tertiary/aromatic N) is 2. The summed E-state index contributed by atoms with van der Waals surface area (Å²) < 4.78 is 19.4. The van der Waals surface area contributed by atoms with Crippen molar-refractivity contribution in [2.75, 3.05) is 13.2 Å². The van der Waals surface area contributed by atoms with Gasteiger partial charge in [0.2, 0.25) is 5.88 Å². The monoisotopic (exact) mass is 484 g/mol. The number of hydrogen-bond donors (Lipinski definition) is 2. The summed E-state index contributed by atoms with van der Waals surface area (Å²) in [5, 5.41) is 6.32. The third-order valence-electron chi connectivity index (χ3n) is 4.13. The van der Waals surface area contributed by atoms with Crippen LogP contribution in [0.2, 0.25) is 0 Å². The van der Waals surface area contributed by atoms with Crippen LogP contribution in [-0.2, 0) is 13.1 Å². The Bertz CT molecular complexity index is 735. The van der Waals surface area contributed by atoms with E-state index in [1.54, 1.807) is 18.3 Å². The lowest BCUT2D eigenvalue weighted by molar-refractivity contribution is 0.288. The van der Waals surface area contributed by atoms with Gasteiger partial charge in [-0.05, 0) is 37.3 Å². The fourth-order valence-corrected chi connectivity index (χ4v) is 2.41. The molecule has 0 saturated heterocycles. The van der Waals surface area contributed by atoms with E-state index in [1.165, 1.54) is 18.9 Å². The SMILES string of the molecule is CCNC(=NCc1ccc(OCC2CC2)nc1)NCc1ccccc1F.I. The Hall–Kier alpha value is -1.90. The van der Waals surface area contributed by atoms with E-state index in [9.17, 15) is 4.39 Å². The van der Waals surface area contributed by atoms with E-state index >= 15 is 0 Å². The molecule has 0 aliphatic heterocycles. The predicted octanol–water partition coefficient (Wildman–Crippen LogP) is 3.88. The molecule has 3 rings (SSSR count). The van der Waals surface area contributed by atoms with Gasteiger partial charge in [-0.15, -0.1) is 24.0 Å². The van der Waals surface area contributed by atoms with Crippen molar-refractivity contribution in [3.63, 3.8) is 0 Å². The van der Waals surface area contributed by atoms with E-state index in [2.05, 4.69) is 20.6 Å². The molecule has 0 unspecified atom stereocenters. The van der Waals surface area contributed by atoms with Gasteiger partial charge in [0.25, 0.3) is 0 Å². The number of guanidine groups is 1. The van der Waals surface area contributed by atoms with Gasteiger partial charge >= 0.3 is 0 Å². The highest BCUT2D eigenvalue weighted by molar-refractivity contribution is 14.0. The van der Waals surface area contributed by atoms with Crippen molar-refractivity contribution in [2.24, 2.45) is 10.9 Å². The van der Waals surface area contributed by atoms with Crippen molar-refractivity contribution in [3.05, 3.63) is 59.5 Å². The van der Waals surface area contributed by atoms with Crippen molar-refractivity contribution in [2.45, 2.75) is 32.9 Å². The molecular weight excluding hydrogens is 458 g/mol. The van der Waals surface area contributed by atoms with Crippen LogP contribution in [0.25, 0.3) is 0 Å². The van der Waals surface area contributed by atoms with Gasteiger partial charge in [-0.2, -0.15) is 0 Å². The molecule has 146 valence electrons. The van der Waals surface area contributed by atoms with Gasteiger partial charge in [-0.1, -0.05) is 24.3 Å². The summed E-state index contributed by atoms with van der Waals surface area (Å²) >= 11 is 0. The van der Waals surface area contributed by atoms with E-state index in [4.69, 9.17) is 4.74 Å². The topological polar surface area (TPSA) is 58.5 Å². The van der Waals surface area contributed by atoms with Crippen molar-refractivity contribution < 1.29 is 9.13 Å². The zero-order valence-corrected chi connectivity index (χ0v) is 17.8. The van der Waals surface area contributed by atoms with Crippen LogP contribution in [0.4, 0.5) is 4.39 Å². The van der Waals surface area contributed by atoms with Gasteiger partial charge in [-0.3, -0.25) is 0 Å². The standard InChI is InChI=1S/C20H25FN4O.HI/c1-2-22-20(25-13-17-5-3-4-6-18(17)21)24-12-16-9-10-19(23-11-16)26-14-15-7-8-15;/h3-6,9-11,15H,2,7-8,12-14H2,1H3,(H2,22,24,25);1H. The second kappa shape index (κ2) is 11.1. The summed E-state index contributed by atoms with van der Waals surface area (Å²) in [6.45, 7) is 4.35. The maximum atomic E-state index is 13.7. The summed E-state index contributed by atoms with van der Waals surface area (Å²) in [5.41, 5.74) is 1.60. The molecule has 0 atom stereocenters. The van der Waals surface area contributed by atoms with E-state index in [0.29, 0.717) is 36.4 Å². The number of hydrogen-bond acceptors (Lipinski definition) is 3. The number of aliphatic imine (C=N–C) groups is 1. The maximum absolute atomic E-state index is 13.7. The molecule has 0 radical (unpaired) electrons. The zero-order valence-electron chi connectivity index (χ0n) is 15.5. The van der Waals surface area contributed by atoms with Gasteiger partial charge in [0, 0.05) is 30.9 Å². The second-order valence-corrected chi connectivity index (χ2v) is 6.40. The molecular formula is C20H26FIN4O. The van der Waals surface area contributed by atoms with Crippen LogP contribution in [0.15, 0.2) is 47.6 Å². The average molecular weight is 484 g/mol. The fourth-order valence-electron chi connectivity index (χ4n) is 2.41. The first-order chi connectivity index (χ1) is 12.7. The molecule has 2 N–H and O–H groups in total. The summed E-state index contributed by atoms with van der Waals surface area (Å²) in [5.74, 6) is 1.80. The van der Waals surface area contributed by atoms with Crippen LogP contribution in [-0.4, -0.2) is 24.1 Å². The number of halogens is 2. The molecule has 0 bridgehead atoms. The predicted molar refractivity (Wildman–Crippen MR) is 116 cm³/mol. The zero-order chi connectivity index (χ0) is 18.2. The van der Waals surface area contributed by atoms with Gasteiger partial charge in [0.15, 0.2) is 5.96 Å². The molecule has 0 spiro atoms. The van der Waals surface area contributed by atoms with Crippen LogP contribution < -0.4 is 15.4 Å². The Morgan fingerprint density at radius 3 is 2.70 bits per heavy atom. The van der Waals surface area contributed by atoms with Crippen LogP contribution in [0.3, 0.4) is 0 Å². The average Bonchev–Trinajstić information content (AvgIpc) is 3.49. The number of benzene rings is 1. The summed E-state index contributed by atoms with van der Waals surface area (Å²) in [6.07, 6.45) is 4.31. The Kier molecular flexibility index (Phi) is 8.77. The third-order valence-corrected chi connectivity index (χ3v) is 4.13. The van der Waals surface area contributed by atoms with Crippen molar-refractivity contribution in [1.29, 1.82) is 0 Å². The lowest BCUT2D eigenvalue weighted by Crippen LogP contribution is -2.37. The molecule has 1 fully saturated rings. The normalized spacial score (nSPS) is 13.6. The Morgan fingerprint density at radius 1 is 1.22 bits per heavy atom. The fraction of sp³-hybridized carbons (Fsp3) is 0.400. The first kappa shape index (κ1) is 21.4. The van der Waals surface area contributed by atoms with Gasteiger partial charge in [0.05, 0.1) is 13.2 Å². The molecule has 1 aromatic carbocycles. The molecule has 27 heavy (non-hydrogen) atoms. The van der Waals surface area contributed by atoms with Gasteiger partial charge in [0.1, 0.15) is 5.82 Å². The van der Waals surface area contributed by atoms with Crippen LogP contribution in [0, 0.1) is 11.7 Å². The van der Waals surface area contributed by atoms with Crippen molar-refractivity contribution in [1.82, 2.24) is 15.6 Å².